The fourth-order valence-electron chi connectivity index (χ4n) is 1.57. The molecule has 0 radical (unpaired) electrons. The van der Waals surface area contributed by atoms with Crippen LogP contribution in [-0.2, 0) is 0 Å². The van der Waals surface area contributed by atoms with Gasteiger partial charge in [0.1, 0.15) is 0 Å². The van der Waals surface area contributed by atoms with Gasteiger partial charge in [0.25, 0.3) is 0 Å². The number of alkyl halides is 3. The first kappa shape index (κ1) is 16.5. The zero-order valence-corrected chi connectivity index (χ0v) is 10.3. The van der Waals surface area contributed by atoms with Gasteiger partial charge in [0, 0.05) is 12.1 Å². The van der Waals surface area contributed by atoms with E-state index < -0.39 is 43.3 Å². The highest BCUT2D eigenvalue weighted by atomic mass is 19.4. The lowest BCUT2D eigenvalue weighted by molar-refractivity contribution is -0.145. The third-order valence-corrected chi connectivity index (χ3v) is 2.43. The van der Waals surface area contributed by atoms with Gasteiger partial charge in [-0.1, -0.05) is 0 Å². The molecule has 0 saturated carbocycles. The SMILES string of the molecule is O=C(CN(CCO)CC(F)(F)F)c1ccc(F)c(F)c1. The molecule has 0 unspecified atom stereocenters. The Morgan fingerprint density at radius 2 is 1.85 bits per heavy atom. The highest BCUT2D eigenvalue weighted by Gasteiger charge is 2.31. The van der Waals surface area contributed by atoms with Crippen molar-refractivity contribution < 1.29 is 31.9 Å². The maximum atomic E-state index is 12.9. The number of halogens is 5. The van der Waals surface area contributed by atoms with Gasteiger partial charge >= 0.3 is 6.18 Å². The van der Waals surface area contributed by atoms with Gasteiger partial charge < -0.3 is 5.11 Å². The number of ketones is 1. The van der Waals surface area contributed by atoms with E-state index in [0.717, 1.165) is 12.1 Å². The Kier molecular flexibility index (Phi) is 5.58. The summed E-state index contributed by atoms with van der Waals surface area (Å²) in [5.74, 6) is -3.19. The first-order chi connectivity index (χ1) is 9.23. The van der Waals surface area contributed by atoms with Crippen LogP contribution in [0.5, 0.6) is 0 Å². The summed E-state index contributed by atoms with van der Waals surface area (Å²) < 4.78 is 62.4. The molecule has 0 spiro atoms. The Morgan fingerprint density at radius 1 is 1.20 bits per heavy atom. The molecule has 8 heteroatoms. The van der Waals surface area contributed by atoms with Crippen molar-refractivity contribution in [2.45, 2.75) is 6.18 Å². The van der Waals surface area contributed by atoms with Crippen LogP contribution < -0.4 is 0 Å². The predicted molar refractivity (Wildman–Crippen MR) is 60.3 cm³/mol. The van der Waals surface area contributed by atoms with E-state index in [0.29, 0.717) is 11.0 Å². The van der Waals surface area contributed by atoms with Gasteiger partial charge in [-0.3, -0.25) is 9.69 Å². The Bertz CT molecular complexity index is 475. The minimum atomic E-state index is -4.52. The molecule has 1 aromatic rings. The molecule has 3 nitrogen and oxygen atoms in total. The van der Waals surface area contributed by atoms with Crippen molar-refractivity contribution in [3.05, 3.63) is 35.4 Å². The van der Waals surface area contributed by atoms with E-state index >= 15 is 0 Å². The number of rotatable bonds is 6. The number of benzene rings is 1. The summed E-state index contributed by atoms with van der Waals surface area (Å²) in [6.07, 6.45) is -4.52. The lowest BCUT2D eigenvalue weighted by Crippen LogP contribution is -2.39. The second-order valence-corrected chi connectivity index (χ2v) is 4.10. The lowest BCUT2D eigenvalue weighted by Gasteiger charge is -2.21. The molecule has 0 atom stereocenters. The van der Waals surface area contributed by atoms with Crippen LogP contribution in [0.15, 0.2) is 18.2 Å². The van der Waals surface area contributed by atoms with Gasteiger partial charge in [-0.25, -0.2) is 8.78 Å². The fraction of sp³-hybridized carbons (Fsp3) is 0.417. The minimum absolute atomic E-state index is 0.228. The lowest BCUT2D eigenvalue weighted by atomic mass is 10.1. The smallest absolute Gasteiger partial charge is 0.395 e. The van der Waals surface area contributed by atoms with E-state index in [1.54, 1.807) is 0 Å². The molecule has 0 fully saturated rings. The van der Waals surface area contributed by atoms with Gasteiger partial charge in [0.05, 0.1) is 19.7 Å². The number of Topliss-reactive ketones (excluding diaryl/α,β-unsaturated/α-hetero) is 1. The molecule has 0 amide bonds. The summed E-state index contributed by atoms with van der Waals surface area (Å²) in [6, 6.07) is 2.34. The average Bonchev–Trinajstić information content (AvgIpc) is 2.30. The van der Waals surface area contributed by atoms with Gasteiger partial charge in [-0.2, -0.15) is 13.2 Å². The summed E-state index contributed by atoms with van der Waals surface area (Å²) in [6.45, 7) is -2.93. The molecule has 0 aliphatic heterocycles. The van der Waals surface area contributed by atoms with E-state index in [-0.39, 0.29) is 12.1 Å². The minimum Gasteiger partial charge on any atom is -0.395 e. The molecular formula is C12H12F5NO2. The second-order valence-electron chi connectivity index (χ2n) is 4.10. The largest absolute Gasteiger partial charge is 0.401 e. The van der Waals surface area contributed by atoms with Crippen LogP contribution >= 0.6 is 0 Å². The number of nitrogens with zero attached hydrogens (tertiary/aromatic N) is 1. The monoisotopic (exact) mass is 297 g/mol. The van der Waals surface area contributed by atoms with Crippen LogP contribution in [0.3, 0.4) is 0 Å². The quantitative estimate of drug-likeness (QED) is 0.645. The maximum Gasteiger partial charge on any atom is 0.401 e. The third kappa shape index (κ3) is 5.22. The summed E-state index contributed by atoms with van der Waals surface area (Å²) in [4.78, 5) is 12.4. The van der Waals surface area contributed by atoms with Crippen molar-refractivity contribution in [2.24, 2.45) is 0 Å². The van der Waals surface area contributed by atoms with Crippen LogP contribution in [-0.4, -0.2) is 48.2 Å². The first-order valence-electron chi connectivity index (χ1n) is 5.61. The Morgan fingerprint density at radius 3 is 2.35 bits per heavy atom. The summed E-state index contributed by atoms with van der Waals surface area (Å²) in [7, 11) is 0. The van der Waals surface area contributed by atoms with Crippen LogP contribution in [0.1, 0.15) is 10.4 Å². The zero-order chi connectivity index (χ0) is 15.3. The average molecular weight is 297 g/mol. The molecule has 0 aliphatic rings. The number of carbonyl (C=O) groups is 1. The van der Waals surface area contributed by atoms with Gasteiger partial charge in [0.2, 0.25) is 0 Å². The highest BCUT2D eigenvalue weighted by Crippen LogP contribution is 2.17. The van der Waals surface area contributed by atoms with Crippen molar-refractivity contribution in [2.75, 3.05) is 26.2 Å². The Balaban J connectivity index is 2.77. The Labute approximate surface area is 111 Å². The molecule has 1 aromatic carbocycles. The predicted octanol–water partition coefficient (Wildman–Crippen LogP) is 2.00. The molecule has 112 valence electrons. The first-order valence-corrected chi connectivity index (χ1v) is 5.61. The van der Waals surface area contributed by atoms with E-state index in [1.165, 1.54) is 0 Å². The van der Waals surface area contributed by atoms with Crippen LogP contribution in [0.4, 0.5) is 22.0 Å². The standard InChI is InChI=1S/C12H12F5NO2/c13-9-2-1-8(5-10(9)14)11(20)6-18(3-4-19)7-12(15,16)17/h1-2,5,19H,3-4,6-7H2. The molecule has 0 aliphatic carbocycles. The zero-order valence-electron chi connectivity index (χ0n) is 10.3. The van der Waals surface area contributed by atoms with Gasteiger partial charge in [-0.05, 0) is 18.2 Å². The summed E-state index contributed by atoms with van der Waals surface area (Å²) in [5.41, 5.74) is -0.228. The molecule has 0 saturated heterocycles. The molecule has 20 heavy (non-hydrogen) atoms. The normalized spacial score (nSPS) is 11.9. The van der Waals surface area contributed by atoms with E-state index in [4.69, 9.17) is 5.11 Å². The number of hydrogen-bond donors (Lipinski definition) is 1. The Hall–Kier alpha value is -1.54. The molecule has 0 aromatic heterocycles. The third-order valence-electron chi connectivity index (χ3n) is 2.43. The van der Waals surface area contributed by atoms with Crippen molar-refractivity contribution in [3.63, 3.8) is 0 Å². The maximum absolute atomic E-state index is 12.9. The summed E-state index contributed by atoms with van der Waals surface area (Å²) in [5, 5.41) is 8.67. The van der Waals surface area contributed by atoms with Crippen LogP contribution in [0.2, 0.25) is 0 Å². The van der Waals surface area contributed by atoms with Gasteiger partial charge in [0.15, 0.2) is 17.4 Å². The molecule has 0 bridgehead atoms. The molecule has 0 heterocycles. The number of aliphatic hydroxyl groups is 1. The van der Waals surface area contributed by atoms with Gasteiger partial charge in [-0.15, -0.1) is 0 Å². The van der Waals surface area contributed by atoms with E-state index in [2.05, 4.69) is 0 Å². The van der Waals surface area contributed by atoms with Crippen molar-refractivity contribution in [3.8, 4) is 0 Å². The van der Waals surface area contributed by atoms with Crippen LogP contribution in [0, 0.1) is 11.6 Å². The van der Waals surface area contributed by atoms with Crippen molar-refractivity contribution in [1.82, 2.24) is 4.90 Å². The molecule has 1 N–H and O–H groups in total. The van der Waals surface area contributed by atoms with Crippen molar-refractivity contribution >= 4 is 5.78 Å². The molecule has 1 rings (SSSR count). The second kappa shape index (κ2) is 6.76. The highest BCUT2D eigenvalue weighted by molar-refractivity contribution is 5.97. The number of carbonyl (C=O) groups excluding carboxylic acids is 1. The number of hydrogen-bond acceptors (Lipinski definition) is 3. The van der Waals surface area contributed by atoms with Crippen molar-refractivity contribution in [1.29, 1.82) is 0 Å². The van der Waals surface area contributed by atoms with E-state index in [9.17, 15) is 26.7 Å². The van der Waals surface area contributed by atoms with E-state index in [1.807, 2.05) is 0 Å². The fourth-order valence-corrected chi connectivity index (χ4v) is 1.57. The number of aliphatic hydroxyl groups excluding tert-OH is 1. The molecular weight excluding hydrogens is 285 g/mol. The topological polar surface area (TPSA) is 40.5 Å². The summed E-state index contributed by atoms with van der Waals surface area (Å²) >= 11 is 0. The van der Waals surface area contributed by atoms with Crippen LogP contribution in [0.25, 0.3) is 0 Å².